The normalized spacial score (nSPS) is 20.1. The second-order valence-corrected chi connectivity index (χ2v) is 6.40. The van der Waals surface area contributed by atoms with Crippen molar-refractivity contribution in [1.82, 2.24) is 4.90 Å². The number of carboxylic acid groups (broad SMARTS) is 1. The van der Waals surface area contributed by atoms with Crippen LogP contribution in [0.5, 0.6) is 0 Å². The summed E-state index contributed by atoms with van der Waals surface area (Å²) in [4.78, 5) is 25.1. The molecule has 1 aliphatic rings. The molecule has 1 aliphatic heterocycles. The minimum absolute atomic E-state index is 0.0284. The Morgan fingerprint density at radius 3 is 2.71 bits per heavy atom. The zero-order valence-electron chi connectivity index (χ0n) is 12.0. The molecule has 1 saturated heterocycles. The monoisotopic (exact) mass is 308 g/mol. The fourth-order valence-electron chi connectivity index (χ4n) is 2.41. The van der Waals surface area contributed by atoms with Crippen molar-refractivity contribution in [3.05, 3.63) is 35.4 Å². The number of benzene rings is 1. The fourth-order valence-corrected chi connectivity index (χ4v) is 3.47. The third kappa shape index (κ3) is 3.98. The quantitative estimate of drug-likeness (QED) is 0.879. The topological polar surface area (TPSA) is 83.6 Å². The Bertz CT molecular complexity index is 518. The smallest absolute Gasteiger partial charge is 0.305 e. The molecule has 3 N–H and O–H groups in total. The van der Waals surface area contributed by atoms with Crippen LogP contribution >= 0.6 is 11.8 Å². The summed E-state index contributed by atoms with van der Waals surface area (Å²) in [5, 5.41) is 8.97. The first-order valence-corrected chi connectivity index (χ1v) is 8.06. The molecule has 6 heteroatoms. The molecule has 5 nitrogen and oxygen atoms in total. The predicted octanol–water partition coefficient (Wildman–Crippen LogP) is 1.41. The van der Waals surface area contributed by atoms with Gasteiger partial charge in [0, 0.05) is 18.1 Å². The van der Waals surface area contributed by atoms with E-state index in [4.69, 9.17) is 10.8 Å². The van der Waals surface area contributed by atoms with E-state index in [1.807, 2.05) is 31.2 Å². The van der Waals surface area contributed by atoms with Gasteiger partial charge in [-0.3, -0.25) is 9.59 Å². The van der Waals surface area contributed by atoms with Crippen LogP contribution in [0.4, 0.5) is 0 Å². The van der Waals surface area contributed by atoms with E-state index in [-0.39, 0.29) is 18.4 Å². The van der Waals surface area contributed by atoms with Crippen molar-refractivity contribution >= 4 is 23.6 Å². The summed E-state index contributed by atoms with van der Waals surface area (Å²) < 4.78 is 0. The van der Waals surface area contributed by atoms with Crippen molar-refractivity contribution in [1.29, 1.82) is 0 Å². The molecular weight excluding hydrogens is 288 g/mol. The number of aryl methyl sites for hydroxylation is 1. The average Bonchev–Trinajstić information content (AvgIpc) is 2.46. The SMILES string of the molecule is Cc1ccc(C(N)C(=O)N2CCSCC2CC(=O)O)cc1. The molecule has 2 rings (SSSR count). The highest BCUT2D eigenvalue weighted by Gasteiger charge is 2.32. The van der Waals surface area contributed by atoms with Gasteiger partial charge in [0.25, 0.3) is 0 Å². The molecule has 1 aromatic carbocycles. The van der Waals surface area contributed by atoms with Gasteiger partial charge in [-0.1, -0.05) is 29.8 Å². The van der Waals surface area contributed by atoms with Gasteiger partial charge >= 0.3 is 5.97 Å². The van der Waals surface area contributed by atoms with Crippen LogP contribution in [0, 0.1) is 6.92 Å². The Hall–Kier alpha value is -1.53. The molecule has 2 atom stereocenters. The lowest BCUT2D eigenvalue weighted by Crippen LogP contribution is -2.50. The van der Waals surface area contributed by atoms with E-state index < -0.39 is 12.0 Å². The molecule has 0 aliphatic carbocycles. The molecule has 21 heavy (non-hydrogen) atoms. The van der Waals surface area contributed by atoms with E-state index in [1.54, 1.807) is 16.7 Å². The van der Waals surface area contributed by atoms with Crippen LogP contribution in [0.1, 0.15) is 23.6 Å². The molecule has 1 amide bonds. The second-order valence-electron chi connectivity index (χ2n) is 5.25. The number of aliphatic carboxylic acids is 1. The third-order valence-electron chi connectivity index (χ3n) is 3.62. The van der Waals surface area contributed by atoms with Crippen LogP contribution in [-0.2, 0) is 9.59 Å². The predicted molar refractivity (Wildman–Crippen MR) is 83.2 cm³/mol. The molecule has 0 aromatic heterocycles. The number of nitrogens with two attached hydrogens (primary N) is 1. The molecular formula is C15H20N2O3S. The van der Waals surface area contributed by atoms with Gasteiger partial charge < -0.3 is 15.7 Å². The third-order valence-corrected chi connectivity index (χ3v) is 4.72. The van der Waals surface area contributed by atoms with Crippen molar-refractivity contribution in [2.45, 2.75) is 25.4 Å². The molecule has 0 saturated carbocycles. The summed E-state index contributed by atoms with van der Waals surface area (Å²) in [6, 6.07) is 6.54. The minimum Gasteiger partial charge on any atom is -0.481 e. The lowest BCUT2D eigenvalue weighted by molar-refractivity contribution is -0.140. The van der Waals surface area contributed by atoms with E-state index in [0.29, 0.717) is 12.3 Å². The van der Waals surface area contributed by atoms with Gasteiger partial charge in [-0.15, -0.1) is 0 Å². The lowest BCUT2D eigenvalue weighted by atomic mass is 10.0. The first-order chi connectivity index (χ1) is 9.99. The molecule has 1 heterocycles. The number of rotatable bonds is 4. The number of nitrogens with zero attached hydrogens (tertiary/aromatic N) is 1. The first kappa shape index (κ1) is 15.9. The Morgan fingerprint density at radius 2 is 2.10 bits per heavy atom. The molecule has 1 aromatic rings. The van der Waals surface area contributed by atoms with Crippen LogP contribution in [0.3, 0.4) is 0 Å². The van der Waals surface area contributed by atoms with Crippen LogP contribution in [0.25, 0.3) is 0 Å². The summed E-state index contributed by atoms with van der Waals surface area (Å²) in [5.74, 6) is 0.399. The molecule has 114 valence electrons. The Labute approximate surface area is 128 Å². The van der Waals surface area contributed by atoms with Gasteiger partial charge in [-0.05, 0) is 12.5 Å². The standard InChI is InChI=1S/C15H20N2O3S/c1-10-2-4-11(5-3-10)14(16)15(20)17-6-7-21-9-12(17)8-13(18)19/h2-5,12,14H,6-9,16H2,1H3,(H,18,19). The Kier molecular flexibility index (Phi) is 5.25. The zero-order valence-corrected chi connectivity index (χ0v) is 12.8. The van der Waals surface area contributed by atoms with Crippen molar-refractivity contribution < 1.29 is 14.7 Å². The average molecular weight is 308 g/mol. The van der Waals surface area contributed by atoms with Gasteiger partial charge in [0.05, 0.1) is 12.5 Å². The van der Waals surface area contributed by atoms with Crippen molar-refractivity contribution in [3.8, 4) is 0 Å². The Balaban J connectivity index is 2.12. The summed E-state index contributed by atoms with van der Waals surface area (Å²) in [6.07, 6.45) is -0.0284. The van der Waals surface area contributed by atoms with Crippen LogP contribution in [0.15, 0.2) is 24.3 Å². The molecule has 1 fully saturated rings. The number of hydrogen-bond donors (Lipinski definition) is 2. The highest BCUT2D eigenvalue weighted by Crippen LogP contribution is 2.23. The number of thioether (sulfide) groups is 1. The van der Waals surface area contributed by atoms with Gasteiger partial charge in [-0.2, -0.15) is 11.8 Å². The second kappa shape index (κ2) is 6.95. The van der Waals surface area contributed by atoms with Crippen molar-refractivity contribution in [2.75, 3.05) is 18.1 Å². The first-order valence-electron chi connectivity index (χ1n) is 6.91. The van der Waals surface area contributed by atoms with E-state index in [9.17, 15) is 9.59 Å². The van der Waals surface area contributed by atoms with E-state index in [1.165, 1.54) is 0 Å². The van der Waals surface area contributed by atoms with E-state index >= 15 is 0 Å². The Morgan fingerprint density at radius 1 is 1.43 bits per heavy atom. The number of carbonyl (C=O) groups is 2. The molecule has 0 radical (unpaired) electrons. The maximum atomic E-state index is 12.6. The fraction of sp³-hybridized carbons (Fsp3) is 0.467. The van der Waals surface area contributed by atoms with Gasteiger partial charge in [0.2, 0.25) is 5.91 Å². The van der Waals surface area contributed by atoms with Crippen molar-refractivity contribution in [3.63, 3.8) is 0 Å². The highest BCUT2D eigenvalue weighted by atomic mass is 32.2. The summed E-state index contributed by atoms with van der Waals surface area (Å²) >= 11 is 1.68. The summed E-state index contributed by atoms with van der Waals surface area (Å²) in [5.41, 5.74) is 7.94. The van der Waals surface area contributed by atoms with E-state index in [2.05, 4.69) is 0 Å². The number of amides is 1. The van der Waals surface area contributed by atoms with Crippen LogP contribution in [0.2, 0.25) is 0 Å². The summed E-state index contributed by atoms with van der Waals surface area (Å²) in [6.45, 7) is 2.53. The minimum atomic E-state index is -0.885. The number of carbonyl (C=O) groups excluding carboxylic acids is 1. The van der Waals surface area contributed by atoms with Crippen LogP contribution < -0.4 is 5.73 Å². The van der Waals surface area contributed by atoms with Crippen molar-refractivity contribution in [2.24, 2.45) is 5.73 Å². The van der Waals surface area contributed by atoms with Gasteiger partial charge in [0.15, 0.2) is 0 Å². The highest BCUT2D eigenvalue weighted by molar-refractivity contribution is 7.99. The number of hydrogen-bond acceptors (Lipinski definition) is 4. The van der Waals surface area contributed by atoms with Gasteiger partial charge in [-0.25, -0.2) is 0 Å². The largest absolute Gasteiger partial charge is 0.481 e. The zero-order chi connectivity index (χ0) is 15.4. The maximum absolute atomic E-state index is 12.6. The molecule has 0 spiro atoms. The lowest BCUT2D eigenvalue weighted by Gasteiger charge is -2.36. The maximum Gasteiger partial charge on any atom is 0.305 e. The number of carboxylic acids is 1. The summed E-state index contributed by atoms with van der Waals surface area (Å²) in [7, 11) is 0. The van der Waals surface area contributed by atoms with Crippen LogP contribution in [-0.4, -0.2) is 46.0 Å². The molecule has 0 bridgehead atoms. The molecule has 2 unspecified atom stereocenters. The van der Waals surface area contributed by atoms with E-state index in [0.717, 1.165) is 16.9 Å². The van der Waals surface area contributed by atoms with Gasteiger partial charge in [0.1, 0.15) is 6.04 Å².